The van der Waals surface area contributed by atoms with Gasteiger partial charge in [0.2, 0.25) is 0 Å². The molecule has 0 aliphatic rings. The minimum absolute atomic E-state index is 0.191. The molecule has 0 saturated heterocycles. The Morgan fingerprint density at radius 3 is 2.25 bits per heavy atom. The van der Waals surface area contributed by atoms with Crippen molar-refractivity contribution in [1.29, 1.82) is 0 Å². The van der Waals surface area contributed by atoms with E-state index in [2.05, 4.69) is 15.1 Å². The lowest BCUT2D eigenvalue weighted by molar-refractivity contribution is -0.155. The Hall–Kier alpha value is -3.62. The zero-order valence-corrected chi connectivity index (χ0v) is 19.4. The Balaban J connectivity index is 2.25. The van der Waals surface area contributed by atoms with Crippen LogP contribution in [0.2, 0.25) is 0 Å². The van der Waals surface area contributed by atoms with Crippen LogP contribution in [0.3, 0.4) is 0 Å². The number of rotatable bonds is 5. The summed E-state index contributed by atoms with van der Waals surface area (Å²) < 4.78 is 6.81. The van der Waals surface area contributed by atoms with Gasteiger partial charge in [-0.25, -0.2) is 9.97 Å². The van der Waals surface area contributed by atoms with Crippen molar-refractivity contribution in [2.24, 2.45) is 0 Å². The highest BCUT2D eigenvalue weighted by Crippen LogP contribution is 2.31. The first-order valence-corrected chi connectivity index (χ1v) is 10.2. The van der Waals surface area contributed by atoms with Crippen LogP contribution in [0.25, 0.3) is 22.0 Å². The minimum Gasteiger partial charge on any atom is -0.459 e. The van der Waals surface area contributed by atoms with Crippen LogP contribution in [0.1, 0.15) is 54.4 Å². The van der Waals surface area contributed by atoms with E-state index < -0.39 is 11.6 Å². The predicted octanol–water partition coefficient (Wildman–Crippen LogP) is 3.05. The molecule has 0 unspecified atom stereocenters. The third-order valence-corrected chi connectivity index (χ3v) is 4.65. The molecular weight excluding hydrogens is 410 g/mol. The smallest absolute Gasteiger partial charge is 0.328 e. The molecule has 0 N–H and O–H groups in total. The number of carbonyl (C=O) groups excluding carboxylic acids is 3. The second-order valence-electron chi connectivity index (χ2n) is 8.78. The highest BCUT2D eigenvalue weighted by molar-refractivity contribution is 6.10. The third kappa shape index (κ3) is 4.82. The second-order valence-corrected chi connectivity index (χ2v) is 8.78. The number of hydrogen-bond donors (Lipinski definition) is 0. The van der Waals surface area contributed by atoms with Crippen molar-refractivity contribution in [2.45, 2.75) is 46.8 Å². The van der Waals surface area contributed by atoms with Crippen molar-refractivity contribution >= 4 is 28.6 Å². The number of carbonyl (C=O) groups is 3. The first kappa shape index (κ1) is 23.1. The topological polar surface area (TPSA) is 107 Å². The summed E-state index contributed by atoms with van der Waals surface area (Å²) in [5.41, 5.74) is 1.64. The summed E-state index contributed by atoms with van der Waals surface area (Å²) >= 11 is 0. The van der Waals surface area contributed by atoms with Crippen LogP contribution < -0.4 is 0 Å². The molecule has 0 atom stereocenters. The van der Waals surface area contributed by atoms with E-state index in [1.54, 1.807) is 66.3 Å². The fourth-order valence-electron chi connectivity index (χ4n) is 3.28. The van der Waals surface area contributed by atoms with Gasteiger partial charge in [-0.15, -0.1) is 0 Å². The highest BCUT2D eigenvalue weighted by Gasteiger charge is 2.24. The Morgan fingerprint density at radius 2 is 1.72 bits per heavy atom. The number of benzene rings is 1. The van der Waals surface area contributed by atoms with Crippen molar-refractivity contribution in [3.8, 4) is 11.1 Å². The molecule has 9 nitrogen and oxygen atoms in total. The fraction of sp³-hybridized carbons (Fsp3) is 0.391. The van der Waals surface area contributed by atoms with E-state index in [1.165, 1.54) is 16.5 Å². The fourth-order valence-corrected chi connectivity index (χ4v) is 3.28. The van der Waals surface area contributed by atoms with E-state index in [1.807, 2.05) is 0 Å². The predicted molar refractivity (Wildman–Crippen MR) is 119 cm³/mol. The molecule has 0 spiro atoms. The van der Waals surface area contributed by atoms with Crippen LogP contribution in [0.15, 0.2) is 24.5 Å². The Morgan fingerprint density at radius 1 is 1.09 bits per heavy atom. The zero-order chi connectivity index (χ0) is 23.8. The van der Waals surface area contributed by atoms with E-state index >= 15 is 0 Å². The molecule has 1 amide bonds. The number of Topliss-reactive ketones (excluding diaryl/α,β-unsaturated/α-hetero) is 1. The number of hydrogen-bond acceptors (Lipinski definition) is 7. The molecule has 2 aromatic heterocycles. The molecule has 0 aliphatic heterocycles. The summed E-state index contributed by atoms with van der Waals surface area (Å²) in [5.74, 6) is -0.383. The third-order valence-electron chi connectivity index (χ3n) is 4.65. The Labute approximate surface area is 186 Å². The van der Waals surface area contributed by atoms with Crippen LogP contribution in [0, 0.1) is 6.92 Å². The molecule has 9 heteroatoms. The molecule has 1 aromatic carbocycles. The summed E-state index contributed by atoms with van der Waals surface area (Å²) in [6.07, 6.45) is 3.27. The summed E-state index contributed by atoms with van der Waals surface area (Å²) in [6.45, 7) is 8.31. The number of amides is 1. The Kier molecular flexibility index (Phi) is 6.11. The molecular formula is C23H27N5O4. The number of nitrogens with zero attached hydrogens (tertiary/aromatic N) is 5. The van der Waals surface area contributed by atoms with Crippen molar-refractivity contribution in [1.82, 2.24) is 24.6 Å². The molecule has 0 aliphatic carbocycles. The van der Waals surface area contributed by atoms with Crippen molar-refractivity contribution in [3.63, 3.8) is 0 Å². The molecule has 3 rings (SSSR count). The summed E-state index contributed by atoms with van der Waals surface area (Å²) in [5, 5.41) is 4.90. The van der Waals surface area contributed by atoms with Gasteiger partial charge in [-0.2, -0.15) is 5.10 Å². The maximum atomic E-state index is 13.0. The number of ketones is 1. The highest BCUT2D eigenvalue weighted by atomic mass is 16.6. The average Bonchev–Trinajstić information content (AvgIpc) is 3.03. The van der Waals surface area contributed by atoms with Crippen LogP contribution in [0.5, 0.6) is 0 Å². The molecule has 0 bridgehead atoms. The van der Waals surface area contributed by atoms with E-state index in [4.69, 9.17) is 4.74 Å². The first-order chi connectivity index (χ1) is 14.9. The first-order valence-electron chi connectivity index (χ1n) is 10.2. The number of esters is 1. The lowest BCUT2D eigenvalue weighted by Gasteiger charge is -2.19. The minimum atomic E-state index is -0.659. The quantitative estimate of drug-likeness (QED) is 0.446. The molecule has 32 heavy (non-hydrogen) atoms. The van der Waals surface area contributed by atoms with Gasteiger partial charge >= 0.3 is 5.97 Å². The summed E-state index contributed by atoms with van der Waals surface area (Å²) in [6, 6.07) is 3.38. The zero-order valence-electron chi connectivity index (χ0n) is 19.4. The average molecular weight is 438 g/mol. The van der Waals surface area contributed by atoms with Crippen LogP contribution in [0.4, 0.5) is 0 Å². The van der Waals surface area contributed by atoms with Gasteiger partial charge in [-0.05, 0) is 45.4 Å². The lowest BCUT2D eigenvalue weighted by atomic mass is 9.97. The maximum Gasteiger partial charge on any atom is 0.328 e. The molecule has 2 heterocycles. The molecule has 3 aromatic rings. The van der Waals surface area contributed by atoms with Gasteiger partial charge in [0.1, 0.15) is 23.7 Å². The maximum absolute atomic E-state index is 13.0. The normalized spacial score (nSPS) is 11.5. The van der Waals surface area contributed by atoms with Crippen molar-refractivity contribution in [3.05, 3.63) is 41.6 Å². The van der Waals surface area contributed by atoms with Gasteiger partial charge < -0.3 is 9.64 Å². The van der Waals surface area contributed by atoms with Crippen LogP contribution in [-0.2, 0) is 16.1 Å². The number of fused-ring (bicyclic) bond motifs is 1. The largest absolute Gasteiger partial charge is 0.459 e. The van der Waals surface area contributed by atoms with Gasteiger partial charge in [0.25, 0.3) is 5.91 Å². The molecule has 168 valence electrons. The van der Waals surface area contributed by atoms with E-state index in [-0.39, 0.29) is 23.9 Å². The molecule has 0 saturated carbocycles. The Bertz CT molecular complexity index is 1200. The van der Waals surface area contributed by atoms with Gasteiger partial charge in [0.15, 0.2) is 5.78 Å². The lowest BCUT2D eigenvalue weighted by Crippen LogP contribution is -2.27. The van der Waals surface area contributed by atoms with Crippen molar-refractivity contribution in [2.75, 3.05) is 14.1 Å². The number of aryl methyl sites for hydroxylation is 1. The summed E-state index contributed by atoms with van der Waals surface area (Å²) in [7, 11) is 3.31. The van der Waals surface area contributed by atoms with E-state index in [9.17, 15) is 14.4 Å². The monoisotopic (exact) mass is 437 g/mol. The van der Waals surface area contributed by atoms with Gasteiger partial charge in [-0.3, -0.25) is 19.1 Å². The molecule has 0 radical (unpaired) electrons. The van der Waals surface area contributed by atoms with Gasteiger partial charge in [0, 0.05) is 49.9 Å². The number of ether oxygens (including phenoxy) is 1. The van der Waals surface area contributed by atoms with Gasteiger partial charge in [-0.1, -0.05) is 0 Å². The second kappa shape index (κ2) is 8.49. The van der Waals surface area contributed by atoms with E-state index in [0.717, 1.165) is 0 Å². The standard InChI is InChI=1S/C23H27N5O4/c1-13(29)21-18-8-16(15-10-24-14(2)25-11-15)17(22(31)27(6)7)9-19(18)28(26-21)12-20(30)32-23(3,4)5/h8-11H,12H2,1-7H3. The number of aromatic nitrogens is 4. The SMILES string of the molecule is CC(=O)c1nn(CC(=O)OC(C)(C)C)c2cc(C(=O)N(C)C)c(-c3cnc(C)nc3)cc12. The van der Waals surface area contributed by atoms with E-state index in [0.29, 0.717) is 33.4 Å². The van der Waals surface area contributed by atoms with Crippen molar-refractivity contribution < 1.29 is 19.1 Å². The molecule has 0 fully saturated rings. The van der Waals surface area contributed by atoms with Gasteiger partial charge in [0.05, 0.1) is 5.52 Å². The summed E-state index contributed by atoms with van der Waals surface area (Å²) in [4.78, 5) is 47.7. The van der Waals surface area contributed by atoms with Crippen LogP contribution >= 0.6 is 0 Å². The van der Waals surface area contributed by atoms with Crippen LogP contribution in [-0.4, -0.2) is 62.0 Å².